The Morgan fingerprint density at radius 3 is 2.00 bits per heavy atom. The average molecular weight is 170 g/mol. The predicted octanol–water partition coefficient (Wildman–Crippen LogP) is 1.26. The molecule has 0 aromatic heterocycles. The lowest BCUT2D eigenvalue weighted by Gasteiger charge is -2.38. The van der Waals surface area contributed by atoms with E-state index >= 15 is 0 Å². The zero-order valence-electron chi connectivity index (χ0n) is 8.37. The van der Waals surface area contributed by atoms with Gasteiger partial charge in [-0.3, -0.25) is 0 Å². The summed E-state index contributed by atoms with van der Waals surface area (Å²) < 4.78 is 0. The number of amides is 2. The summed E-state index contributed by atoms with van der Waals surface area (Å²) >= 11 is 0. The largest absolute Gasteiger partial charge is 0.327 e. The molecule has 0 N–H and O–H groups in total. The molecule has 70 valence electrons. The highest BCUT2D eigenvalue weighted by Crippen LogP contribution is 2.18. The van der Waals surface area contributed by atoms with Crippen molar-refractivity contribution in [1.29, 1.82) is 0 Å². The predicted molar refractivity (Wildman–Crippen MR) is 49.0 cm³/mol. The molecule has 0 spiro atoms. The quantitative estimate of drug-likeness (QED) is 0.581. The Kier molecular flexibility index (Phi) is 2.60. The van der Waals surface area contributed by atoms with Crippen molar-refractivity contribution in [3.8, 4) is 0 Å². The third kappa shape index (κ3) is 1.71. The summed E-state index contributed by atoms with van der Waals surface area (Å²) in [4.78, 5) is 14.9. The number of nitrogens with zero attached hydrogens (tertiary/aromatic N) is 2. The van der Waals surface area contributed by atoms with E-state index in [-0.39, 0.29) is 6.03 Å². The van der Waals surface area contributed by atoms with Gasteiger partial charge in [-0.15, -0.1) is 0 Å². The lowest BCUT2D eigenvalue weighted by molar-refractivity contribution is 0.113. The van der Waals surface area contributed by atoms with E-state index in [2.05, 4.69) is 13.8 Å². The molecule has 12 heavy (non-hydrogen) atoms. The van der Waals surface area contributed by atoms with Gasteiger partial charge in [-0.25, -0.2) is 4.79 Å². The molecule has 0 atom stereocenters. The van der Waals surface area contributed by atoms with Crippen LogP contribution in [0.3, 0.4) is 0 Å². The van der Waals surface area contributed by atoms with Gasteiger partial charge in [-0.05, 0) is 11.8 Å². The summed E-state index contributed by atoms with van der Waals surface area (Å²) in [5, 5.41) is 0. The number of hydrogen-bond donors (Lipinski definition) is 0. The van der Waals surface area contributed by atoms with Crippen molar-refractivity contribution in [1.82, 2.24) is 9.80 Å². The lowest BCUT2D eigenvalue weighted by atomic mass is 9.93. The first-order valence-corrected chi connectivity index (χ1v) is 4.48. The van der Waals surface area contributed by atoms with Crippen LogP contribution in [0.4, 0.5) is 4.79 Å². The Morgan fingerprint density at radius 1 is 1.25 bits per heavy atom. The van der Waals surface area contributed by atoms with Crippen LogP contribution in [-0.2, 0) is 0 Å². The Bertz CT molecular complexity index is 165. The van der Waals surface area contributed by atoms with Gasteiger partial charge in [0.05, 0.1) is 0 Å². The van der Waals surface area contributed by atoms with Crippen molar-refractivity contribution in [2.45, 2.75) is 13.8 Å². The van der Waals surface area contributed by atoms with Crippen molar-refractivity contribution in [2.24, 2.45) is 11.8 Å². The zero-order valence-corrected chi connectivity index (χ0v) is 8.37. The van der Waals surface area contributed by atoms with E-state index in [9.17, 15) is 4.79 Å². The van der Waals surface area contributed by atoms with Gasteiger partial charge in [-0.1, -0.05) is 13.8 Å². The Labute approximate surface area is 74.3 Å². The molecule has 2 amide bonds. The molecule has 1 aliphatic rings. The molecule has 1 heterocycles. The van der Waals surface area contributed by atoms with Crippen molar-refractivity contribution in [3.05, 3.63) is 0 Å². The minimum Gasteiger partial charge on any atom is -0.327 e. The van der Waals surface area contributed by atoms with Gasteiger partial charge in [-0.2, -0.15) is 0 Å². The summed E-state index contributed by atoms with van der Waals surface area (Å²) in [5.74, 6) is 1.28. The minimum atomic E-state index is 0.145. The van der Waals surface area contributed by atoms with Crippen LogP contribution in [0.5, 0.6) is 0 Å². The van der Waals surface area contributed by atoms with Crippen LogP contribution in [0.25, 0.3) is 0 Å². The van der Waals surface area contributed by atoms with Gasteiger partial charge in [0, 0.05) is 27.2 Å². The van der Waals surface area contributed by atoms with Gasteiger partial charge >= 0.3 is 6.03 Å². The van der Waals surface area contributed by atoms with Crippen molar-refractivity contribution < 1.29 is 4.79 Å². The second-order valence-electron chi connectivity index (χ2n) is 4.05. The number of carbonyl (C=O) groups is 1. The highest BCUT2D eigenvalue weighted by Gasteiger charge is 2.28. The van der Waals surface area contributed by atoms with Crippen molar-refractivity contribution in [2.75, 3.05) is 27.2 Å². The molecular weight excluding hydrogens is 152 g/mol. The molecule has 0 aliphatic carbocycles. The fraction of sp³-hybridized carbons (Fsp3) is 0.889. The SMILES string of the molecule is CC(C)C1CN(C)C(=O)N(C)C1. The molecular formula is C9H18N2O. The highest BCUT2D eigenvalue weighted by molar-refractivity contribution is 5.74. The third-order valence-corrected chi connectivity index (χ3v) is 2.61. The van der Waals surface area contributed by atoms with Gasteiger partial charge < -0.3 is 9.80 Å². The fourth-order valence-electron chi connectivity index (χ4n) is 1.63. The number of rotatable bonds is 1. The van der Waals surface area contributed by atoms with Crippen LogP contribution < -0.4 is 0 Å². The van der Waals surface area contributed by atoms with Crippen LogP contribution in [0.1, 0.15) is 13.8 Å². The van der Waals surface area contributed by atoms with E-state index < -0.39 is 0 Å². The molecule has 0 aromatic rings. The molecule has 3 heteroatoms. The lowest BCUT2D eigenvalue weighted by Crippen LogP contribution is -2.51. The Balaban J connectivity index is 2.59. The van der Waals surface area contributed by atoms with Crippen LogP contribution in [0.2, 0.25) is 0 Å². The smallest absolute Gasteiger partial charge is 0.319 e. The van der Waals surface area contributed by atoms with Gasteiger partial charge in [0.25, 0.3) is 0 Å². The maximum absolute atomic E-state index is 11.3. The first kappa shape index (κ1) is 9.36. The highest BCUT2D eigenvalue weighted by atomic mass is 16.2. The second-order valence-corrected chi connectivity index (χ2v) is 4.05. The Hall–Kier alpha value is -0.730. The van der Waals surface area contributed by atoms with E-state index in [1.54, 1.807) is 9.80 Å². The standard InChI is InChI=1S/C9H18N2O/c1-7(2)8-5-10(3)9(12)11(4)6-8/h7-8H,5-6H2,1-4H3. The van der Waals surface area contributed by atoms with E-state index in [0.717, 1.165) is 13.1 Å². The van der Waals surface area contributed by atoms with E-state index in [0.29, 0.717) is 11.8 Å². The van der Waals surface area contributed by atoms with E-state index in [1.807, 2.05) is 14.1 Å². The molecule has 0 radical (unpaired) electrons. The van der Waals surface area contributed by atoms with Gasteiger partial charge in [0.1, 0.15) is 0 Å². The molecule has 0 aromatic carbocycles. The summed E-state index contributed by atoms with van der Waals surface area (Å²) in [6, 6.07) is 0.145. The maximum atomic E-state index is 11.3. The van der Waals surface area contributed by atoms with Crippen LogP contribution in [0, 0.1) is 11.8 Å². The monoisotopic (exact) mass is 170 g/mol. The molecule has 1 fully saturated rings. The molecule has 0 unspecified atom stereocenters. The van der Waals surface area contributed by atoms with Crippen LogP contribution in [0.15, 0.2) is 0 Å². The van der Waals surface area contributed by atoms with Crippen LogP contribution in [-0.4, -0.2) is 43.0 Å². The summed E-state index contributed by atoms with van der Waals surface area (Å²) in [6.07, 6.45) is 0. The van der Waals surface area contributed by atoms with Crippen molar-refractivity contribution in [3.63, 3.8) is 0 Å². The van der Waals surface area contributed by atoms with E-state index in [4.69, 9.17) is 0 Å². The number of carbonyl (C=O) groups excluding carboxylic acids is 1. The molecule has 0 bridgehead atoms. The van der Waals surface area contributed by atoms with Gasteiger partial charge in [0.2, 0.25) is 0 Å². The number of urea groups is 1. The molecule has 3 nitrogen and oxygen atoms in total. The summed E-state index contributed by atoms with van der Waals surface area (Å²) in [5.41, 5.74) is 0. The number of hydrogen-bond acceptors (Lipinski definition) is 1. The van der Waals surface area contributed by atoms with Crippen LogP contribution >= 0.6 is 0 Å². The van der Waals surface area contributed by atoms with E-state index in [1.165, 1.54) is 0 Å². The molecule has 0 saturated carbocycles. The first-order chi connectivity index (χ1) is 5.52. The van der Waals surface area contributed by atoms with Crippen molar-refractivity contribution >= 4 is 6.03 Å². The third-order valence-electron chi connectivity index (χ3n) is 2.61. The Morgan fingerprint density at radius 2 is 1.67 bits per heavy atom. The average Bonchev–Trinajstić information content (AvgIpc) is 1.99. The summed E-state index contributed by atoms with van der Waals surface area (Å²) in [6.45, 7) is 6.23. The molecule has 1 aliphatic heterocycles. The summed E-state index contributed by atoms with van der Waals surface area (Å²) in [7, 11) is 3.74. The first-order valence-electron chi connectivity index (χ1n) is 4.48. The second kappa shape index (κ2) is 3.33. The molecule has 1 rings (SSSR count). The minimum absolute atomic E-state index is 0.145. The fourth-order valence-corrected chi connectivity index (χ4v) is 1.63. The van der Waals surface area contributed by atoms with Gasteiger partial charge in [0.15, 0.2) is 0 Å². The molecule has 1 saturated heterocycles. The zero-order chi connectivity index (χ0) is 9.30. The topological polar surface area (TPSA) is 23.6 Å². The normalized spacial score (nSPS) is 20.9. The maximum Gasteiger partial charge on any atom is 0.319 e.